The summed E-state index contributed by atoms with van der Waals surface area (Å²) in [5.74, 6) is 1.04. The van der Waals surface area contributed by atoms with Gasteiger partial charge in [-0.1, -0.05) is 0 Å². The Balaban J connectivity index is 1.51. The fourth-order valence-corrected chi connectivity index (χ4v) is 3.21. The van der Waals surface area contributed by atoms with E-state index in [9.17, 15) is 4.79 Å². The number of aromatic nitrogens is 1. The van der Waals surface area contributed by atoms with Crippen molar-refractivity contribution in [2.75, 3.05) is 23.3 Å². The third-order valence-corrected chi connectivity index (χ3v) is 4.41. The van der Waals surface area contributed by atoms with Gasteiger partial charge in [0.15, 0.2) is 0 Å². The number of nitrogens with zero attached hydrogens (tertiary/aromatic N) is 2. The van der Waals surface area contributed by atoms with Crippen LogP contribution < -0.4 is 10.2 Å². The second-order valence-electron chi connectivity index (χ2n) is 5.28. The first-order valence-corrected chi connectivity index (χ1v) is 8.27. The van der Waals surface area contributed by atoms with Crippen molar-refractivity contribution >= 4 is 28.7 Å². The number of aryl methyl sites for hydroxylation is 1. The second-order valence-corrected chi connectivity index (χ2v) is 6.06. The standard InChI is InChI=1S/C16H19N3OS/c20-16(6-3-13-7-10-21-12-13)18-14-4-5-15(17-11-14)19-8-1-2-9-19/h4-5,7,10-12H,1-3,6,8-9H2,(H,18,20). The van der Waals surface area contributed by atoms with Crippen LogP contribution in [0.15, 0.2) is 35.2 Å². The molecule has 110 valence electrons. The minimum Gasteiger partial charge on any atom is -0.357 e. The maximum atomic E-state index is 11.9. The zero-order valence-corrected chi connectivity index (χ0v) is 12.7. The molecule has 0 atom stereocenters. The predicted octanol–water partition coefficient (Wildman–Crippen LogP) is 3.31. The van der Waals surface area contributed by atoms with Crippen LogP contribution in [0.25, 0.3) is 0 Å². The molecule has 1 fully saturated rings. The Labute approximate surface area is 128 Å². The average molecular weight is 301 g/mol. The van der Waals surface area contributed by atoms with Gasteiger partial charge < -0.3 is 10.2 Å². The molecule has 0 saturated carbocycles. The molecular formula is C16H19N3OS. The molecule has 0 radical (unpaired) electrons. The number of thiophene rings is 1. The van der Waals surface area contributed by atoms with Gasteiger partial charge >= 0.3 is 0 Å². The molecule has 3 heterocycles. The van der Waals surface area contributed by atoms with Gasteiger partial charge in [-0.25, -0.2) is 4.98 Å². The van der Waals surface area contributed by atoms with Gasteiger partial charge in [0.1, 0.15) is 5.82 Å². The predicted molar refractivity (Wildman–Crippen MR) is 87.0 cm³/mol. The summed E-state index contributed by atoms with van der Waals surface area (Å²) in [5, 5.41) is 7.02. The molecule has 4 nitrogen and oxygen atoms in total. The highest BCUT2D eigenvalue weighted by molar-refractivity contribution is 7.07. The van der Waals surface area contributed by atoms with Crippen molar-refractivity contribution in [2.45, 2.75) is 25.7 Å². The molecule has 2 aromatic heterocycles. The van der Waals surface area contributed by atoms with Crippen LogP contribution in [0.3, 0.4) is 0 Å². The van der Waals surface area contributed by atoms with Gasteiger partial charge in [0.05, 0.1) is 11.9 Å². The van der Waals surface area contributed by atoms with Crippen LogP contribution >= 0.6 is 11.3 Å². The zero-order chi connectivity index (χ0) is 14.5. The number of nitrogens with one attached hydrogen (secondary N) is 1. The highest BCUT2D eigenvalue weighted by Crippen LogP contribution is 2.19. The lowest BCUT2D eigenvalue weighted by atomic mass is 10.2. The molecule has 21 heavy (non-hydrogen) atoms. The Kier molecular flexibility index (Phi) is 4.50. The summed E-state index contributed by atoms with van der Waals surface area (Å²) in [6.07, 6.45) is 5.51. The largest absolute Gasteiger partial charge is 0.357 e. The molecule has 0 aliphatic carbocycles. The molecule has 2 aromatic rings. The number of pyridine rings is 1. The molecule has 0 aromatic carbocycles. The van der Waals surface area contributed by atoms with E-state index in [0.29, 0.717) is 6.42 Å². The van der Waals surface area contributed by atoms with E-state index >= 15 is 0 Å². The lowest BCUT2D eigenvalue weighted by molar-refractivity contribution is -0.116. The van der Waals surface area contributed by atoms with Gasteiger partial charge in [0.2, 0.25) is 5.91 Å². The van der Waals surface area contributed by atoms with E-state index in [1.807, 2.05) is 17.5 Å². The number of carbonyl (C=O) groups is 1. The maximum absolute atomic E-state index is 11.9. The summed E-state index contributed by atoms with van der Waals surface area (Å²) in [7, 11) is 0. The number of hydrogen-bond donors (Lipinski definition) is 1. The Morgan fingerprint density at radius 2 is 2.14 bits per heavy atom. The Morgan fingerprint density at radius 1 is 1.29 bits per heavy atom. The van der Waals surface area contributed by atoms with Gasteiger partial charge in [0.25, 0.3) is 0 Å². The number of hydrogen-bond acceptors (Lipinski definition) is 4. The van der Waals surface area contributed by atoms with E-state index in [1.54, 1.807) is 17.5 Å². The Bertz CT molecular complexity index is 574. The van der Waals surface area contributed by atoms with Crippen LogP contribution in [-0.2, 0) is 11.2 Å². The third-order valence-electron chi connectivity index (χ3n) is 3.68. The minimum atomic E-state index is 0.0388. The first-order chi connectivity index (χ1) is 10.3. The molecule has 1 amide bonds. The first kappa shape index (κ1) is 14.1. The van der Waals surface area contributed by atoms with E-state index in [4.69, 9.17) is 0 Å². The molecular weight excluding hydrogens is 282 g/mol. The van der Waals surface area contributed by atoms with Crippen LogP contribution in [0.5, 0.6) is 0 Å². The van der Waals surface area contributed by atoms with Crippen molar-refractivity contribution in [3.8, 4) is 0 Å². The first-order valence-electron chi connectivity index (χ1n) is 7.33. The summed E-state index contributed by atoms with van der Waals surface area (Å²) in [6, 6.07) is 5.98. The number of rotatable bonds is 5. The second kappa shape index (κ2) is 6.72. The molecule has 1 N–H and O–H groups in total. The van der Waals surface area contributed by atoms with Gasteiger partial charge in [-0.05, 0) is 53.8 Å². The zero-order valence-electron chi connectivity index (χ0n) is 11.9. The van der Waals surface area contributed by atoms with Crippen molar-refractivity contribution in [1.29, 1.82) is 0 Å². The SMILES string of the molecule is O=C(CCc1ccsc1)Nc1ccc(N2CCCC2)nc1. The van der Waals surface area contributed by atoms with E-state index in [0.717, 1.165) is 31.0 Å². The van der Waals surface area contributed by atoms with Crippen LogP contribution in [-0.4, -0.2) is 24.0 Å². The highest BCUT2D eigenvalue weighted by Gasteiger charge is 2.13. The fourth-order valence-electron chi connectivity index (χ4n) is 2.51. The summed E-state index contributed by atoms with van der Waals surface area (Å²) in [6.45, 7) is 2.17. The van der Waals surface area contributed by atoms with Crippen LogP contribution in [0.2, 0.25) is 0 Å². The van der Waals surface area contributed by atoms with E-state index in [1.165, 1.54) is 18.4 Å². The van der Waals surface area contributed by atoms with Crippen molar-refractivity contribution in [2.24, 2.45) is 0 Å². The van der Waals surface area contributed by atoms with E-state index < -0.39 is 0 Å². The highest BCUT2D eigenvalue weighted by atomic mass is 32.1. The van der Waals surface area contributed by atoms with Gasteiger partial charge in [-0.2, -0.15) is 11.3 Å². The number of carbonyl (C=O) groups excluding carboxylic acids is 1. The van der Waals surface area contributed by atoms with Crippen molar-refractivity contribution in [1.82, 2.24) is 4.98 Å². The lowest BCUT2D eigenvalue weighted by Crippen LogP contribution is -2.19. The summed E-state index contributed by atoms with van der Waals surface area (Å²) in [5.41, 5.74) is 1.99. The number of amides is 1. The van der Waals surface area contributed by atoms with Crippen molar-refractivity contribution in [3.05, 3.63) is 40.7 Å². The third kappa shape index (κ3) is 3.82. The summed E-state index contributed by atoms with van der Waals surface area (Å²) in [4.78, 5) is 18.6. The van der Waals surface area contributed by atoms with Crippen molar-refractivity contribution < 1.29 is 4.79 Å². The average Bonchev–Trinajstić information content (AvgIpc) is 3.19. The normalized spacial score (nSPS) is 14.4. The van der Waals surface area contributed by atoms with Gasteiger partial charge in [0, 0.05) is 19.5 Å². The molecule has 0 spiro atoms. The molecule has 1 aliphatic heterocycles. The fraction of sp³-hybridized carbons (Fsp3) is 0.375. The Morgan fingerprint density at radius 3 is 2.81 bits per heavy atom. The van der Waals surface area contributed by atoms with Gasteiger partial charge in [-0.3, -0.25) is 4.79 Å². The monoisotopic (exact) mass is 301 g/mol. The van der Waals surface area contributed by atoms with E-state index in [-0.39, 0.29) is 5.91 Å². The maximum Gasteiger partial charge on any atom is 0.224 e. The van der Waals surface area contributed by atoms with Crippen LogP contribution in [0.1, 0.15) is 24.8 Å². The smallest absolute Gasteiger partial charge is 0.224 e. The Hall–Kier alpha value is -1.88. The molecule has 1 aliphatic rings. The molecule has 0 bridgehead atoms. The topological polar surface area (TPSA) is 45.2 Å². The van der Waals surface area contributed by atoms with Crippen LogP contribution in [0.4, 0.5) is 11.5 Å². The van der Waals surface area contributed by atoms with E-state index in [2.05, 4.69) is 26.6 Å². The lowest BCUT2D eigenvalue weighted by Gasteiger charge is -2.16. The molecule has 3 rings (SSSR count). The molecule has 1 saturated heterocycles. The van der Waals surface area contributed by atoms with Gasteiger partial charge in [-0.15, -0.1) is 0 Å². The minimum absolute atomic E-state index is 0.0388. The molecule has 0 unspecified atom stereocenters. The summed E-state index contributed by atoms with van der Waals surface area (Å²) >= 11 is 1.66. The quantitative estimate of drug-likeness (QED) is 0.921. The molecule has 5 heteroatoms. The van der Waals surface area contributed by atoms with Crippen LogP contribution in [0, 0.1) is 0 Å². The number of anilines is 2. The van der Waals surface area contributed by atoms with Crippen molar-refractivity contribution in [3.63, 3.8) is 0 Å². The summed E-state index contributed by atoms with van der Waals surface area (Å²) < 4.78 is 0.